The highest BCUT2D eigenvalue weighted by atomic mass is 32.2. The van der Waals surface area contributed by atoms with Crippen LogP contribution in [0.2, 0.25) is 0 Å². The van der Waals surface area contributed by atoms with Gasteiger partial charge in [0, 0.05) is 11.3 Å². The molecule has 1 saturated heterocycles. The first-order valence-corrected chi connectivity index (χ1v) is 10.9. The average Bonchev–Trinajstić information content (AvgIpc) is 3.19. The molecule has 0 saturated carbocycles. The van der Waals surface area contributed by atoms with Crippen molar-refractivity contribution in [1.29, 1.82) is 0 Å². The number of para-hydroxylation sites is 1. The zero-order valence-electron chi connectivity index (χ0n) is 16.7. The van der Waals surface area contributed by atoms with E-state index in [1.165, 1.54) is 22.7 Å². The molecule has 0 aliphatic carbocycles. The third kappa shape index (κ3) is 5.56. The van der Waals surface area contributed by atoms with E-state index in [0.29, 0.717) is 12.0 Å². The number of phenols is 1. The smallest absolute Gasteiger partial charge is 0.327 e. The Labute approximate surface area is 183 Å². The molecule has 1 amide bonds. The van der Waals surface area contributed by atoms with Crippen molar-refractivity contribution in [2.24, 2.45) is 0 Å². The van der Waals surface area contributed by atoms with Gasteiger partial charge in [0.1, 0.15) is 23.2 Å². The second-order valence-electron chi connectivity index (χ2n) is 7.20. The van der Waals surface area contributed by atoms with Gasteiger partial charge < -0.3 is 20.2 Å². The summed E-state index contributed by atoms with van der Waals surface area (Å²) in [6, 6.07) is 13.9. The summed E-state index contributed by atoms with van der Waals surface area (Å²) < 4.78 is 0. The number of carbonyl (C=O) groups is 3. The van der Waals surface area contributed by atoms with E-state index in [2.05, 4.69) is 5.32 Å². The average molecular weight is 445 g/mol. The van der Waals surface area contributed by atoms with Gasteiger partial charge >= 0.3 is 11.9 Å². The molecule has 1 heterocycles. The Balaban J connectivity index is 1.69. The maximum absolute atomic E-state index is 13.0. The van der Waals surface area contributed by atoms with Gasteiger partial charge in [0.25, 0.3) is 0 Å². The first-order chi connectivity index (χ1) is 14.9. The number of thioether (sulfide) groups is 1. The minimum Gasteiger partial charge on any atom is -0.508 e. The Bertz CT molecular complexity index is 939. The van der Waals surface area contributed by atoms with Crippen LogP contribution in [0.15, 0.2) is 54.6 Å². The predicted octanol–water partition coefficient (Wildman–Crippen LogP) is 2.09. The molecule has 1 aliphatic rings. The summed E-state index contributed by atoms with van der Waals surface area (Å²) in [7, 11) is 0. The van der Waals surface area contributed by atoms with Crippen LogP contribution in [0, 0.1) is 0 Å². The number of benzene rings is 2. The molecule has 2 aromatic rings. The molecule has 9 heteroatoms. The molecule has 3 rings (SSSR count). The molecule has 1 fully saturated rings. The lowest BCUT2D eigenvalue weighted by molar-refractivity contribution is -0.149. The van der Waals surface area contributed by atoms with E-state index in [1.807, 2.05) is 30.3 Å². The molecule has 31 heavy (non-hydrogen) atoms. The van der Waals surface area contributed by atoms with Gasteiger partial charge in [0.2, 0.25) is 5.91 Å². The van der Waals surface area contributed by atoms with Gasteiger partial charge in [-0.3, -0.25) is 14.9 Å². The fourth-order valence-corrected chi connectivity index (χ4v) is 4.98. The second kappa shape index (κ2) is 10.3. The molecule has 2 unspecified atom stereocenters. The predicted molar refractivity (Wildman–Crippen MR) is 116 cm³/mol. The van der Waals surface area contributed by atoms with Crippen LogP contribution in [-0.4, -0.2) is 62.4 Å². The van der Waals surface area contributed by atoms with Gasteiger partial charge in [-0.25, -0.2) is 4.79 Å². The van der Waals surface area contributed by atoms with Gasteiger partial charge in [0.05, 0.1) is 6.54 Å². The number of carboxylic acid groups (broad SMARTS) is 2. The number of aryl methyl sites for hydroxylation is 1. The molecule has 0 aromatic heterocycles. The van der Waals surface area contributed by atoms with Crippen molar-refractivity contribution in [3.05, 3.63) is 65.7 Å². The summed E-state index contributed by atoms with van der Waals surface area (Å²) in [5.74, 6) is -2.60. The number of aromatic hydroxyl groups is 1. The van der Waals surface area contributed by atoms with E-state index in [1.54, 1.807) is 18.2 Å². The van der Waals surface area contributed by atoms with Crippen LogP contribution >= 0.6 is 11.8 Å². The molecular formula is C22H24N2O6S. The zero-order chi connectivity index (χ0) is 22.4. The van der Waals surface area contributed by atoms with Crippen LogP contribution in [0.1, 0.15) is 22.9 Å². The monoisotopic (exact) mass is 444 g/mol. The molecule has 0 bridgehead atoms. The molecule has 1 aliphatic heterocycles. The number of nitrogens with one attached hydrogen (secondary N) is 1. The van der Waals surface area contributed by atoms with Gasteiger partial charge in [0.15, 0.2) is 0 Å². The van der Waals surface area contributed by atoms with Crippen LogP contribution in [0.4, 0.5) is 0 Å². The van der Waals surface area contributed by atoms with E-state index < -0.39 is 35.3 Å². The van der Waals surface area contributed by atoms with Crippen molar-refractivity contribution in [3.63, 3.8) is 0 Å². The first kappa shape index (κ1) is 22.6. The van der Waals surface area contributed by atoms with Crippen LogP contribution < -0.4 is 5.32 Å². The number of amides is 1. The maximum atomic E-state index is 13.0. The highest BCUT2D eigenvalue weighted by molar-refractivity contribution is 7.99. The largest absolute Gasteiger partial charge is 0.508 e. The van der Waals surface area contributed by atoms with E-state index in [4.69, 9.17) is 0 Å². The first-order valence-electron chi connectivity index (χ1n) is 9.82. The Hall–Kier alpha value is -3.04. The summed E-state index contributed by atoms with van der Waals surface area (Å²) >= 11 is 1.25. The second-order valence-corrected chi connectivity index (χ2v) is 8.31. The lowest BCUT2D eigenvalue weighted by Gasteiger charge is -2.28. The van der Waals surface area contributed by atoms with Gasteiger partial charge in [-0.05, 0) is 24.5 Å². The SMILES string of the molecule is O=C(O)C1CSC(c2ccccc2O)N1C(=O)CN[C@@H](CCc1ccccc1)C(=O)O. The summed E-state index contributed by atoms with van der Waals surface area (Å²) in [5.41, 5.74) is 1.44. The van der Waals surface area contributed by atoms with Crippen molar-refractivity contribution >= 4 is 29.6 Å². The molecule has 164 valence electrons. The molecule has 0 spiro atoms. The topological polar surface area (TPSA) is 127 Å². The Kier molecular flexibility index (Phi) is 7.54. The van der Waals surface area contributed by atoms with Crippen molar-refractivity contribution in [1.82, 2.24) is 10.2 Å². The molecule has 4 N–H and O–H groups in total. The van der Waals surface area contributed by atoms with E-state index in [0.717, 1.165) is 5.56 Å². The van der Waals surface area contributed by atoms with Crippen LogP contribution in [0.25, 0.3) is 0 Å². The number of nitrogens with zero attached hydrogens (tertiary/aromatic N) is 1. The fourth-order valence-electron chi connectivity index (χ4n) is 3.51. The number of hydrogen-bond donors (Lipinski definition) is 4. The molecule has 2 aromatic carbocycles. The number of phenolic OH excluding ortho intramolecular Hbond substituents is 1. The number of hydrogen-bond acceptors (Lipinski definition) is 6. The highest BCUT2D eigenvalue weighted by Crippen LogP contribution is 2.44. The van der Waals surface area contributed by atoms with Crippen molar-refractivity contribution in [2.45, 2.75) is 30.3 Å². The Morgan fingerprint density at radius 1 is 1.06 bits per heavy atom. The lowest BCUT2D eigenvalue weighted by Crippen LogP contribution is -2.49. The third-order valence-corrected chi connectivity index (χ3v) is 6.44. The number of carboxylic acids is 2. The van der Waals surface area contributed by atoms with E-state index in [9.17, 15) is 29.7 Å². The summed E-state index contributed by atoms with van der Waals surface area (Å²) in [4.78, 5) is 37.5. The molecule has 8 nitrogen and oxygen atoms in total. The van der Waals surface area contributed by atoms with E-state index in [-0.39, 0.29) is 24.5 Å². The maximum Gasteiger partial charge on any atom is 0.327 e. The van der Waals surface area contributed by atoms with Crippen LogP contribution in [0.3, 0.4) is 0 Å². The van der Waals surface area contributed by atoms with Crippen molar-refractivity contribution in [3.8, 4) is 5.75 Å². The summed E-state index contributed by atoms with van der Waals surface area (Å²) in [6.45, 7) is -0.319. The van der Waals surface area contributed by atoms with Crippen LogP contribution in [0.5, 0.6) is 5.75 Å². The quantitative estimate of drug-likeness (QED) is 0.463. The summed E-state index contributed by atoms with van der Waals surface area (Å²) in [6.07, 6.45) is 0.809. The zero-order valence-corrected chi connectivity index (χ0v) is 17.5. The molecular weight excluding hydrogens is 420 g/mol. The lowest BCUT2D eigenvalue weighted by atomic mass is 10.1. The fraction of sp³-hybridized carbons (Fsp3) is 0.318. The third-order valence-electron chi connectivity index (χ3n) is 5.14. The molecule has 3 atom stereocenters. The minimum absolute atomic E-state index is 0.0249. The Morgan fingerprint density at radius 3 is 2.39 bits per heavy atom. The number of carbonyl (C=O) groups excluding carboxylic acids is 1. The van der Waals surface area contributed by atoms with Gasteiger partial charge in [-0.1, -0.05) is 48.5 Å². The normalized spacial score (nSPS) is 19.2. The van der Waals surface area contributed by atoms with Crippen molar-refractivity contribution in [2.75, 3.05) is 12.3 Å². The van der Waals surface area contributed by atoms with Gasteiger partial charge in [-0.2, -0.15) is 0 Å². The number of rotatable bonds is 9. The van der Waals surface area contributed by atoms with Crippen LogP contribution in [-0.2, 0) is 20.8 Å². The summed E-state index contributed by atoms with van der Waals surface area (Å²) in [5, 5.41) is 31.3. The Morgan fingerprint density at radius 2 is 1.74 bits per heavy atom. The standard InChI is InChI=1S/C22H24N2O6S/c25-18-9-5-4-8-15(18)20-24(17(13-31-20)22(29)30)19(26)12-23-16(21(27)28)11-10-14-6-2-1-3-7-14/h1-9,16-17,20,23,25H,10-13H2,(H,27,28)(H,29,30)/t16-,17?,20?/m0/s1. The minimum atomic E-state index is -1.14. The van der Waals surface area contributed by atoms with Crippen molar-refractivity contribution < 1.29 is 29.7 Å². The molecule has 0 radical (unpaired) electrons. The van der Waals surface area contributed by atoms with Gasteiger partial charge in [-0.15, -0.1) is 11.8 Å². The highest BCUT2D eigenvalue weighted by Gasteiger charge is 2.43. The number of aliphatic carboxylic acids is 2. The van der Waals surface area contributed by atoms with E-state index >= 15 is 0 Å².